The summed E-state index contributed by atoms with van der Waals surface area (Å²) in [6.07, 6.45) is 1.74. The van der Waals surface area contributed by atoms with Crippen molar-refractivity contribution < 1.29 is 9.53 Å². The first-order valence-electron chi connectivity index (χ1n) is 4.99. The fourth-order valence-corrected chi connectivity index (χ4v) is 1.85. The summed E-state index contributed by atoms with van der Waals surface area (Å²) in [5.74, 6) is 0.576. The van der Waals surface area contributed by atoms with Gasteiger partial charge in [0.15, 0.2) is 5.96 Å². The molecule has 0 radical (unpaired) electrons. The number of aliphatic imine (C=N–C) groups is 1. The van der Waals surface area contributed by atoms with Gasteiger partial charge < -0.3 is 10.1 Å². The Bertz CT molecular complexity index is 269. The van der Waals surface area contributed by atoms with Crippen molar-refractivity contribution in [1.82, 2.24) is 10.6 Å². The van der Waals surface area contributed by atoms with Gasteiger partial charge in [0.25, 0.3) is 5.91 Å². The molecule has 2 heterocycles. The van der Waals surface area contributed by atoms with E-state index in [4.69, 9.17) is 4.74 Å². The Morgan fingerprint density at radius 3 is 3.14 bits per heavy atom. The Hall–Kier alpha value is -1.10. The third-order valence-electron chi connectivity index (χ3n) is 2.58. The summed E-state index contributed by atoms with van der Waals surface area (Å²) < 4.78 is 5.33. The minimum absolute atomic E-state index is 0.00981. The van der Waals surface area contributed by atoms with Crippen LogP contribution in [0.2, 0.25) is 0 Å². The van der Waals surface area contributed by atoms with Gasteiger partial charge in [-0.05, 0) is 19.8 Å². The van der Waals surface area contributed by atoms with E-state index < -0.39 is 5.54 Å². The molecule has 2 aliphatic rings. The Labute approximate surface area is 82.9 Å². The molecule has 0 aliphatic carbocycles. The van der Waals surface area contributed by atoms with Crippen LogP contribution in [0, 0.1) is 0 Å². The van der Waals surface area contributed by atoms with Crippen molar-refractivity contribution >= 4 is 11.9 Å². The van der Waals surface area contributed by atoms with Gasteiger partial charge in [0, 0.05) is 13.2 Å². The molecule has 0 aromatic rings. The molecule has 2 fully saturated rings. The van der Waals surface area contributed by atoms with Gasteiger partial charge in [-0.25, -0.2) is 0 Å². The highest BCUT2D eigenvalue weighted by Crippen LogP contribution is 2.22. The maximum atomic E-state index is 11.7. The maximum Gasteiger partial charge on any atom is 0.254 e. The quantitative estimate of drug-likeness (QED) is 0.603. The summed E-state index contributed by atoms with van der Waals surface area (Å²) in [4.78, 5) is 15.8. The molecule has 1 amide bonds. The number of nitrogens with one attached hydrogen (secondary N) is 2. The largest absolute Gasteiger partial charge is 0.378 e. The van der Waals surface area contributed by atoms with Gasteiger partial charge in [0.2, 0.25) is 0 Å². The Morgan fingerprint density at radius 2 is 2.50 bits per heavy atom. The van der Waals surface area contributed by atoms with Crippen molar-refractivity contribution in [2.75, 3.05) is 19.8 Å². The van der Waals surface area contributed by atoms with Crippen molar-refractivity contribution in [1.29, 1.82) is 0 Å². The van der Waals surface area contributed by atoms with Crippen molar-refractivity contribution in [3.05, 3.63) is 0 Å². The van der Waals surface area contributed by atoms with E-state index in [0.717, 1.165) is 19.4 Å². The van der Waals surface area contributed by atoms with Gasteiger partial charge in [-0.1, -0.05) is 0 Å². The zero-order valence-electron chi connectivity index (χ0n) is 8.30. The lowest BCUT2D eigenvalue weighted by Gasteiger charge is -2.30. The zero-order valence-corrected chi connectivity index (χ0v) is 8.30. The van der Waals surface area contributed by atoms with E-state index in [1.54, 1.807) is 0 Å². The third-order valence-corrected chi connectivity index (χ3v) is 2.58. The standard InChI is InChI=1S/C9H15N3O2/c1-2-10-8-11-7(13)9(12-8)4-3-5-14-6-9/h2-6H2,1H3,(H2,10,11,12,13). The highest BCUT2D eigenvalue weighted by Gasteiger charge is 2.46. The first kappa shape index (κ1) is 9.45. The molecule has 1 unspecified atom stereocenters. The lowest BCUT2D eigenvalue weighted by atomic mass is 9.93. The predicted molar refractivity (Wildman–Crippen MR) is 52.0 cm³/mol. The van der Waals surface area contributed by atoms with E-state index in [-0.39, 0.29) is 5.91 Å². The molecule has 1 spiro atoms. The van der Waals surface area contributed by atoms with Crippen molar-refractivity contribution in [3.8, 4) is 0 Å². The number of carbonyl (C=O) groups is 1. The molecule has 2 saturated heterocycles. The summed E-state index contributed by atoms with van der Waals surface area (Å²) >= 11 is 0. The molecule has 2 aliphatic heterocycles. The number of rotatable bonds is 1. The first-order valence-corrected chi connectivity index (χ1v) is 4.99. The maximum absolute atomic E-state index is 11.7. The van der Waals surface area contributed by atoms with Crippen LogP contribution in [-0.2, 0) is 9.53 Å². The smallest absolute Gasteiger partial charge is 0.254 e. The molecule has 78 valence electrons. The van der Waals surface area contributed by atoms with Crippen molar-refractivity contribution in [2.45, 2.75) is 25.3 Å². The monoisotopic (exact) mass is 197 g/mol. The Morgan fingerprint density at radius 1 is 1.64 bits per heavy atom. The number of hydrogen-bond donors (Lipinski definition) is 2. The molecule has 0 saturated carbocycles. The summed E-state index contributed by atoms with van der Waals surface area (Å²) in [6, 6.07) is 0. The van der Waals surface area contributed by atoms with Crippen LogP contribution in [0.15, 0.2) is 4.99 Å². The molecule has 2 N–H and O–H groups in total. The first-order chi connectivity index (χ1) is 6.77. The highest BCUT2D eigenvalue weighted by molar-refractivity contribution is 6.09. The SMILES string of the molecule is CCN=C1NC(=O)C2(CCCOC2)N1. The number of guanidine groups is 1. The van der Waals surface area contributed by atoms with Crippen LogP contribution in [0.5, 0.6) is 0 Å². The van der Waals surface area contributed by atoms with Crippen LogP contribution in [0.25, 0.3) is 0 Å². The number of amides is 1. The van der Waals surface area contributed by atoms with Crippen LogP contribution < -0.4 is 10.6 Å². The molecular weight excluding hydrogens is 182 g/mol. The molecule has 1 atom stereocenters. The van der Waals surface area contributed by atoms with Gasteiger partial charge in [0.05, 0.1) is 6.61 Å². The van der Waals surface area contributed by atoms with E-state index in [9.17, 15) is 4.79 Å². The fourth-order valence-electron chi connectivity index (χ4n) is 1.85. The van der Waals surface area contributed by atoms with Crippen LogP contribution in [-0.4, -0.2) is 37.2 Å². The minimum Gasteiger partial charge on any atom is -0.378 e. The lowest BCUT2D eigenvalue weighted by molar-refractivity contribution is -0.128. The average Bonchev–Trinajstić information content (AvgIpc) is 2.45. The minimum atomic E-state index is -0.549. The number of hydrogen-bond acceptors (Lipinski definition) is 3. The zero-order chi connectivity index (χ0) is 10.0. The molecular formula is C9H15N3O2. The second kappa shape index (κ2) is 3.57. The Kier molecular flexibility index (Phi) is 2.41. The third kappa shape index (κ3) is 1.48. The molecule has 5 nitrogen and oxygen atoms in total. The normalized spacial score (nSPS) is 34.6. The molecule has 0 bridgehead atoms. The molecule has 2 rings (SSSR count). The van der Waals surface area contributed by atoms with Gasteiger partial charge in [-0.3, -0.25) is 15.1 Å². The number of nitrogens with zero attached hydrogens (tertiary/aromatic N) is 1. The van der Waals surface area contributed by atoms with E-state index >= 15 is 0 Å². The van der Waals surface area contributed by atoms with E-state index in [1.807, 2.05) is 6.92 Å². The van der Waals surface area contributed by atoms with E-state index in [0.29, 0.717) is 19.1 Å². The van der Waals surface area contributed by atoms with E-state index in [1.165, 1.54) is 0 Å². The molecule has 0 aromatic carbocycles. The second-order valence-electron chi connectivity index (χ2n) is 3.64. The molecule has 5 heteroatoms. The second-order valence-corrected chi connectivity index (χ2v) is 3.64. The van der Waals surface area contributed by atoms with Gasteiger partial charge in [-0.15, -0.1) is 0 Å². The van der Waals surface area contributed by atoms with E-state index in [2.05, 4.69) is 15.6 Å². The molecule has 0 aromatic heterocycles. The highest BCUT2D eigenvalue weighted by atomic mass is 16.5. The fraction of sp³-hybridized carbons (Fsp3) is 0.778. The van der Waals surface area contributed by atoms with Gasteiger partial charge in [-0.2, -0.15) is 0 Å². The summed E-state index contributed by atoms with van der Waals surface area (Å²) in [5, 5.41) is 5.86. The van der Waals surface area contributed by atoms with Gasteiger partial charge >= 0.3 is 0 Å². The van der Waals surface area contributed by atoms with Crippen LogP contribution >= 0.6 is 0 Å². The number of carbonyl (C=O) groups excluding carboxylic acids is 1. The van der Waals surface area contributed by atoms with Crippen LogP contribution in [0.1, 0.15) is 19.8 Å². The van der Waals surface area contributed by atoms with Crippen LogP contribution in [0.3, 0.4) is 0 Å². The predicted octanol–water partition coefficient (Wildman–Crippen LogP) is -0.369. The van der Waals surface area contributed by atoms with Crippen molar-refractivity contribution in [2.24, 2.45) is 4.99 Å². The Balaban J connectivity index is 2.13. The summed E-state index contributed by atoms with van der Waals surface area (Å²) in [6.45, 7) is 3.79. The lowest BCUT2D eigenvalue weighted by Crippen LogP contribution is -2.53. The number of ether oxygens (including phenoxy) is 1. The molecule has 14 heavy (non-hydrogen) atoms. The summed E-state index contributed by atoms with van der Waals surface area (Å²) in [5.41, 5.74) is -0.549. The van der Waals surface area contributed by atoms with Crippen molar-refractivity contribution in [3.63, 3.8) is 0 Å². The van der Waals surface area contributed by atoms with Crippen LogP contribution in [0.4, 0.5) is 0 Å². The summed E-state index contributed by atoms with van der Waals surface area (Å²) in [7, 11) is 0. The van der Waals surface area contributed by atoms with Gasteiger partial charge in [0.1, 0.15) is 5.54 Å². The topological polar surface area (TPSA) is 62.7 Å². The average molecular weight is 197 g/mol.